The molecule has 11 nitrogen and oxygen atoms in total. The van der Waals surface area contributed by atoms with Crippen molar-refractivity contribution in [2.24, 2.45) is 11.8 Å². The molecule has 0 saturated heterocycles. The number of amides is 4. The third-order valence-electron chi connectivity index (χ3n) is 4.58. The fourth-order valence-electron chi connectivity index (χ4n) is 2.86. The first kappa shape index (κ1) is 26.7. The first-order valence-electron chi connectivity index (χ1n) is 10.3. The smallest absolute Gasteiger partial charge is 0.326 e. The van der Waals surface area contributed by atoms with Gasteiger partial charge in [0.25, 0.3) is 0 Å². The lowest BCUT2D eigenvalue weighted by Crippen LogP contribution is -2.57. The van der Waals surface area contributed by atoms with Crippen molar-refractivity contribution < 1.29 is 29.4 Å². The summed E-state index contributed by atoms with van der Waals surface area (Å²) in [5.74, 6) is -3.01. The van der Waals surface area contributed by atoms with Crippen LogP contribution in [-0.2, 0) is 14.4 Å². The summed E-state index contributed by atoms with van der Waals surface area (Å²) < 4.78 is 0. The number of aliphatic hydroxyl groups excluding tert-OH is 1. The van der Waals surface area contributed by atoms with Crippen molar-refractivity contribution in [1.82, 2.24) is 16.0 Å². The number of nitrogens with two attached hydrogens (primary N) is 1. The predicted molar refractivity (Wildman–Crippen MR) is 120 cm³/mol. The monoisotopic (exact) mass is 451 g/mol. The van der Waals surface area contributed by atoms with Gasteiger partial charge >= 0.3 is 12.0 Å². The molecule has 0 saturated carbocycles. The van der Waals surface area contributed by atoms with Crippen molar-refractivity contribution in [3.05, 3.63) is 24.3 Å². The van der Waals surface area contributed by atoms with Gasteiger partial charge in [-0.1, -0.05) is 39.8 Å². The van der Waals surface area contributed by atoms with Crippen LogP contribution in [0, 0.1) is 11.8 Å². The second-order valence-electron chi connectivity index (χ2n) is 8.18. The molecule has 178 valence electrons. The Kier molecular flexibility index (Phi) is 10.4. The topological polar surface area (TPSA) is 183 Å². The molecule has 0 unspecified atom stereocenters. The first-order valence-corrected chi connectivity index (χ1v) is 10.3. The summed E-state index contributed by atoms with van der Waals surface area (Å²) in [7, 11) is 0. The molecule has 0 aromatic heterocycles. The molecule has 4 amide bonds. The standard InChI is InChI=1S/C21H33N5O6/c1-11(2)9-15(18(28)26-17(12(3)4)20(30)31)23-19(29)16(10-27)25-21(32)24-14-8-6-5-7-13(14)22/h5-8,11-12,15-17,27H,9-10,22H2,1-4H3,(H,23,29)(H,26,28)(H,30,31)(H2,24,25,32)/t15-,16-,17-/m0/s1. The van der Waals surface area contributed by atoms with Crippen LogP contribution in [0.15, 0.2) is 24.3 Å². The average molecular weight is 452 g/mol. The van der Waals surface area contributed by atoms with Gasteiger partial charge in [0.2, 0.25) is 11.8 Å². The van der Waals surface area contributed by atoms with Gasteiger partial charge in [-0.15, -0.1) is 0 Å². The summed E-state index contributed by atoms with van der Waals surface area (Å²) in [6.45, 7) is 6.26. The van der Waals surface area contributed by atoms with Crippen molar-refractivity contribution in [2.45, 2.75) is 52.2 Å². The van der Waals surface area contributed by atoms with E-state index in [1.807, 2.05) is 13.8 Å². The fourth-order valence-corrected chi connectivity index (χ4v) is 2.86. The van der Waals surface area contributed by atoms with E-state index in [9.17, 15) is 29.4 Å². The van der Waals surface area contributed by atoms with Crippen molar-refractivity contribution >= 4 is 35.2 Å². The number of carbonyl (C=O) groups is 4. The number of nitrogens with one attached hydrogen (secondary N) is 4. The number of benzene rings is 1. The Balaban J connectivity index is 2.85. The van der Waals surface area contributed by atoms with Crippen molar-refractivity contribution in [3.8, 4) is 0 Å². The maximum absolute atomic E-state index is 12.7. The second kappa shape index (κ2) is 12.5. The molecule has 32 heavy (non-hydrogen) atoms. The van der Waals surface area contributed by atoms with E-state index in [0.29, 0.717) is 11.4 Å². The molecule has 0 spiro atoms. The summed E-state index contributed by atoms with van der Waals surface area (Å²) in [5, 5.41) is 28.6. The Morgan fingerprint density at radius 1 is 0.938 bits per heavy atom. The number of urea groups is 1. The van der Waals surface area contributed by atoms with E-state index in [1.54, 1.807) is 38.1 Å². The van der Waals surface area contributed by atoms with Crippen LogP contribution >= 0.6 is 0 Å². The number of para-hydroxylation sites is 2. The van der Waals surface area contributed by atoms with Crippen molar-refractivity contribution in [2.75, 3.05) is 17.7 Å². The molecular formula is C21H33N5O6. The number of rotatable bonds is 11. The van der Waals surface area contributed by atoms with Gasteiger partial charge in [0.05, 0.1) is 18.0 Å². The van der Waals surface area contributed by atoms with Crippen LogP contribution in [0.1, 0.15) is 34.1 Å². The SMILES string of the molecule is CC(C)C[C@H](NC(=O)[C@H](CO)NC(=O)Nc1ccccc1N)C(=O)N[C@H](C(=O)O)C(C)C. The average Bonchev–Trinajstić information content (AvgIpc) is 2.70. The Labute approximate surface area is 187 Å². The van der Waals surface area contributed by atoms with Gasteiger partial charge < -0.3 is 37.2 Å². The zero-order valence-electron chi connectivity index (χ0n) is 18.7. The minimum atomic E-state index is -1.34. The molecule has 1 rings (SSSR count). The highest BCUT2D eigenvalue weighted by molar-refractivity contribution is 5.97. The Hall–Kier alpha value is -3.34. The largest absolute Gasteiger partial charge is 0.480 e. The summed E-state index contributed by atoms with van der Waals surface area (Å²) in [4.78, 5) is 48.9. The van der Waals surface area contributed by atoms with Crippen LogP contribution in [0.3, 0.4) is 0 Å². The summed E-state index contributed by atoms with van der Waals surface area (Å²) in [6.07, 6.45) is 0.229. The van der Waals surface area contributed by atoms with Gasteiger partial charge in [0, 0.05) is 0 Å². The number of aliphatic carboxylic acids is 1. The van der Waals surface area contributed by atoms with Crippen LogP contribution < -0.4 is 27.0 Å². The molecule has 8 N–H and O–H groups in total. The van der Waals surface area contributed by atoms with E-state index >= 15 is 0 Å². The van der Waals surface area contributed by atoms with Gasteiger partial charge in [-0.05, 0) is 30.4 Å². The molecule has 3 atom stereocenters. The first-order chi connectivity index (χ1) is 15.0. The molecule has 1 aromatic rings. The minimum Gasteiger partial charge on any atom is -0.480 e. The van der Waals surface area contributed by atoms with E-state index in [0.717, 1.165) is 0 Å². The lowest BCUT2D eigenvalue weighted by atomic mass is 10.00. The van der Waals surface area contributed by atoms with Crippen molar-refractivity contribution in [3.63, 3.8) is 0 Å². The molecule has 0 radical (unpaired) electrons. The Morgan fingerprint density at radius 3 is 2.03 bits per heavy atom. The molecule has 0 aliphatic rings. The second-order valence-corrected chi connectivity index (χ2v) is 8.18. The highest BCUT2D eigenvalue weighted by Crippen LogP contribution is 2.16. The van der Waals surface area contributed by atoms with Gasteiger partial charge in [-0.3, -0.25) is 9.59 Å². The number of hydrogen-bond donors (Lipinski definition) is 7. The quantitative estimate of drug-likeness (QED) is 0.239. The number of carbonyl (C=O) groups excluding carboxylic acids is 3. The van der Waals surface area contributed by atoms with Gasteiger partial charge in [-0.2, -0.15) is 0 Å². The summed E-state index contributed by atoms with van der Waals surface area (Å²) >= 11 is 0. The van der Waals surface area contributed by atoms with Crippen LogP contribution in [0.25, 0.3) is 0 Å². The predicted octanol–water partition coefficient (Wildman–Crippen LogP) is 0.508. The number of anilines is 2. The van der Waals surface area contributed by atoms with E-state index in [2.05, 4.69) is 21.3 Å². The van der Waals surface area contributed by atoms with Crippen LogP contribution in [0.2, 0.25) is 0 Å². The van der Waals surface area contributed by atoms with E-state index in [1.165, 1.54) is 0 Å². The van der Waals surface area contributed by atoms with Crippen LogP contribution in [0.4, 0.5) is 16.2 Å². The molecule has 0 aliphatic heterocycles. The Morgan fingerprint density at radius 2 is 1.53 bits per heavy atom. The zero-order valence-corrected chi connectivity index (χ0v) is 18.7. The maximum Gasteiger partial charge on any atom is 0.326 e. The highest BCUT2D eigenvalue weighted by Gasteiger charge is 2.31. The lowest BCUT2D eigenvalue weighted by Gasteiger charge is -2.26. The van der Waals surface area contributed by atoms with E-state index in [4.69, 9.17) is 5.73 Å². The third-order valence-corrected chi connectivity index (χ3v) is 4.58. The van der Waals surface area contributed by atoms with Crippen molar-refractivity contribution in [1.29, 1.82) is 0 Å². The third kappa shape index (κ3) is 8.42. The van der Waals surface area contributed by atoms with E-state index < -0.39 is 48.5 Å². The van der Waals surface area contributed by atoms with Gasteiger partial charge in [0.15, 0.2) is 0 Å². The molecule has 0 aliphatic carbocycles. The number of carboxylic acids is 1. The number of hydrogen-bond acceptors (Lipinski definition) is 6. The van der Waals surface area contributed by atoms with E-state index in [-0.39, 0.29) is 18.3 Å². The molecule has 0 fully saturated rings. The molecular weight excluding hydrogens is 418 g/mol. The molecule has 11 heteroatoms. The normalized spacial score (nSPS) is 13.7. The fraction of sp³-hybridized carbons (Fsp3) is 0.524. The summed E-state index contributed by atoms with van der Waals surface area (Å²) in [6, 6.07) is 2.22. The Bertz CT molecular complexity index is 814. The molecule has 0 heterocycles. The highest BCUT2D eigenvalue weighted by atomic mass is 16.4. The minimum absolute atomic E-state index is 0.00160. The number of aliphatic hydroxyl groups is 1. The number of carboxylic acid groups (broad SMARTS) is 1. The zero-order chi connectivity index (χ0) is 24.4. The van der Waals surface area contributed by atoms with Crippen LogP contribution in [-0.4, -0.2) is 58.8 Å². The van der Waals surface area contributed by atoms with Gasteiger partial charge in [-0.25, -0.2) is 9.59 Å². The molecule has 0 bridgehead atoms. The van der Waals surface area contributed by atoms with Crippen LogP contribution in [0.5, 0.6) is 0 Å². The molecule has 1 aromatic carbocycles. The number of nitrogen functional groups attached to an aromatic ring is 1. The maximum atomic E-state index is 12.7. The van der Waals surface area contributed by atoms with Gasteiger partial charge in [0.1, 0.15) is 18.1 Å². The summed E-state index contributed by atoms with van der Waals surface area (Å²) in [5.41, 5.74) is 6.41. The lowest BCUT2D eigenvalue weighted by molar-refractivity contribution is -0.143.